The molecule has 0 unspecified atom stereocenters. The summed E-state index contributed by atoms with van der Waals surface area (Å²) in [7, 11) is 1.59. The zero-order chi connectivity index (χ0) is 11.7. The SMILES string of the molecule is COc1ccc(Cl)c(-n2nnc(N)c2C)c1. The highest BCUT2D eigenvalue weighted by Crippen LogP contribution is 2.26. The van der Waals surface area contributed by atoms with Crippen molar-refractivity contribution in [2.45, 2.75) is 6.92 Å². The van der Waals surface area contributed by atoms with E-state index in [0.717, 1.165) is 5.69 Å². The molecule has 5 nitrogen and oxygen atoms in total. The predicted molar refractivity (Wildman–Crippen MR) is 62.1 cm³/mol. The van der Waals surface area contributed by atoms with E-state index in [4.69, 9.17) is 22.1 Å². The molecular formula is C10H11ClN4O. The number of nitrogens with zero attached hydrogens (tertiary/aromatic N) is 3. The first-order valence-corrected chi connectivity index (χ1v) is 5.03. The predicted octanol–water partition coefficient (Wildman–Crippen LogP) is 1.82. The molecule has 0 aliphatic rings. The molecule has 1 aromatic carbocycles. The second kappa shape index (κ2) is 4.02. The normalized spacial score (nSPS) is 10.4. The highest BCUT2D eigenvalue weighted by molar-refractivity contribution is 6.32. The molecular weight excluding hydrogens is 228 g/mol. The van der Waals surface area contributed by atoms with Gasteiger partial charge in [-0.25, -0.2) is 4.68 Å². The fraction of sp³-hybridized carbons (Fsp3) is 0.200. The molecule has 2 N–H and O–H groups in total. The summed E-state index contributed by atoms with van der Waals surface area (Å²) >= 11 is 6.08. The number of benzene rings is 1. The number of anilines is 1. The zero-order valence-electron chi connectivity index (χ0n) is 8.94. The lowest BCUT2D eigenvalue weighted by Gasteiger charge is -2.07. The van der Waals surface area contributed by atoms with Crippen LogP contribution in [0, 0.1) is 6.92 Å². The fourth-order valence-corrected chi connectivity index (χ4v) is 1.55. The van der Waals surface area contributed by atoms with Gasteiger partial charge in [-0.05, 0) is 19.1 Å². The van der Waals surface area contributed by atoms with Gasteiger partial charge in [-0.2, -0.15) is 0 Å². The van der Waals surface area contributed by atoms with Crippen LogP contribution >= 0.6 is 11.6 Å². The number of nitrogen functional groups attached to an aromatic ring is 1. The standard InChI is InChI=1S/C10H11ClN4O/c1-6-10(12)13-14-15(6)9-5-7(16-2)3-4-8(9)11/h3-5H,12H2,1-2H3. The minimum Gasteiger partial charge on any atom is -0.497 e. The molecule has 0 saturated heterocycles. The lowest BCUT2D eigenvalue weighted by atomic mass is 10.3. The third-order valence-corrected chi connectivity index (χ3v) is 2.63. The molecule has 0 radical (unpaired) electrons. The first-order chi connectivity index (χ1) is 7.63. The third-order valence-electron chi connectivity index (χ3n) is 2.31. The minimum absolute atomic E-state index is 0.388. The number of aromatic nitrogens is 3. The molecule has 0 atom stereocenters. The van der Waals surface area contributed by atoms with Crippen LogP contribution in [0.4, 0.5) is 5.82 Å². The van der Waals surface area contributed by atoms with Crippen LogP contribution in [0.1, 0.15) is 5.69 Å². The Hall–Kier alpha value is -1.75. The van der Waals surface area contributed by atoms with E-state index in [0.29, 0.717) is 22.3 Å². The molecule has 1 aromatic heterocycles. The smallest absolute Gasteiger partial charge is 0.169 e. The van der Waals surface area contributed by atoms with Crippen LogP contribution in [0.3, 0.4) is 0 Å². The Morgan fingerprint density at radius 3 is 2.75 bits per heavy atom. The van der Waals surface area contributed by atoms with Gasteiger partial charge in [-0.15, -0.1) is 5.10 Å². The molecule has 0 bridgehead atoms. The van der Waals surface area contributed by atoms with Crippen LogP contribution in [0.5, 0.6) is 5.75 Å². The van der Waals surface area contributed by atoms with Gasteiger partial charge in [-0.3, -0.25) is 0 Å². The number of methoxy groups -OCH3 is 1. The van der Waals surface area contributed by atoms with E-state index in [2.05, 4.69) is 10.3 Å². The van der Waals surface area contributed by atoms with Crippen molar-refractivity contribution >= 4 is 17.4 Å². The highest BCUT2D eigenvalue weighted by Gasteiger charge is 2.11. The first-order valence-electron chi connectivity index (χ1n) is 4.65. The molecule has 2 aromatic rings. The number of rotatable bonds is 2. The molecule has 0 saturated carbocycles. The van der Waals surface area contributed by atoms with Crippen LogP contribution in [-0.4, -0.2) is 22.1 Å². The molecule has 1 heterocycles. The van der Waals surface area contributed by atoms with Gasteiger partial charge in [0.25, 0.3) is 0 Å². The second-order valence-electron chi connectivity index (χ2n) is 3.29. The van der Waals surface area contributed by atoms with Crippen LogP contribution in [-0.2, 0) is 0 Å². The van der Waals surface area contributed by atoms with Gasteiger partial charge in [0.05, 0.1) is 23.5 Å². The summed E-state index contributed by atoms with van der Waals surface area (Å²) in [6, 6.07) is 5.30. The maximum Gasteiger partial charge on any atom is 0.169 e. The van der Waals surface area contributed by atoms with E-state index in [9.17, 15) is 0 Å². The quantitative estimate of drug-likeness (QED) is 0.867. The van der Waals surface area contributed by atoms with Crippen LogP contribution in [0.2, 0.25) is 5.02 Å². The Labute approximate surface area is 97.8 Å². The maximum absolute atomic E-state index is 6.08. The van der Waals surface area contributed by atoms with Crippen molar-refractivity contribution in [2.75, 3.05) is 12.8 Å². The van der Waals surface area contributed by atoms with Crippen molar-refractivity contribution in [3.05, 3.63) is 28.9 Å². The van der Waals surface area contributed by atoms with Gasteiger partial charge >= 0.3 is 0 Å². The second-order valence-corrected chi connectivity index (χ2v) is 3.70. The van der Waals surface area contributed by atoms with Gasteiger partial charge in [-0.1, -0.05) is 16.8 Å². The summed E-state index contributed by atoms with van der Waals surface area (Å²) in [5, 5.41) is 8.27. The summed E-state index contributed by atoms with van der Waals surface area (Å²) < 4.78 is 6.71. The summed E-state index contributed by atoms with van der Waals surface area (Å²) in [6.45, 7) is 1.82. The molecule has 2 rings (SSSR count). The molecule has 0 aliphatic heterocycles. The summed E-state index contributed by atoms with van der Waals surface area (Å²) in [5.74, 6) is 1.09. The van der Waals surface area contributed by atoms with Crippen molar-refractivity contribution in [3.63, 3.8) is 0 Å². The maximum atomic E-state index is 6.08. The number of hydrogen-bond donors (Lipinski definition) is 1. The van der Waals surface area contributed by atoms with E-state index in [-0.39, 0.29) is 0 Å². The van der Waals surface area contributed by atoms with E-state index in [1.165, 1.54) is 0 Å². The number of hydrogen-bond acceptors (Lipinski definition) is 4. The Morgan fingerprint density at radius 1 is 1.44 bits per heavy atom. The summed E-state index contributed by atoms with van der Waals surface area (Å²) in [6.07, 6.45) is 0. The van der Waals surface area contributed by atoms with Crippen molar-refractivity contribution in [1.82, 2.24) is 15.0 Å². The van der Waals surface area contributed by atoms with Gasteiger partial charge < -0.3 is 10.5 Å². The van der Waals surface area contributed by atoms with E-state index < -0.39 is 0 Å². The van der Waals surface area contributed by atoms with Crippen molar-refractivity contribution in [1.29, 1.82) is 0 Å². The zero-order valence-corrected chi connectivity index (χ0v) is 9.69. The first kappa shape index (κ1) is 10.8. The van der Waals surface area contributed by atoms with E-state index >= 15 is 0 Å². The Kier molecular flexibility index (Phi) is 2.70. The van der Waals surface area contributed by atoms with Crippen LogP contribution < -0.4 is 10.5 Å². The van der Waals surface area contributed by atoms with Crippen molar-refractivity contribution in [3.8, 4) is 11.4 Å². The Morgan fingerprint density at radius 2 is 2.19 bits per heavy atom. The number of halogens is 1. The highest BCUT2D eigenvalue weighted by atomic mass is 35.5. The summed E-state index contributed by atoms with van der Waals surface area (Å²) in [5.41, 5.74) is 7.07. The molecule has 0 spiro atoms. The minimum atomic E-state index is 0.388. The average molecular weight is 239 g/mol. The number of nitrogens with two attached hydrogens (primary N) is 1. The van der Waals surface area contributed by atoms with Crippen LogP contribution in [0.15, 0.2) is 18.2 Å². The van der Waals surface area contributed by atoms with Gasteiger partial charge in [0.15, 0.2) is 5.82 Å². The molecule has 84 valence electrons. The largest absolute Gasteiger partial charge is 0.497 e. The van der Waals surface area contributed by atoms with Crippen molar-refractivity contribution < 1.29 is 4.74 Å². The summed E-state index contributed by atoms with van der Waals surface area (Å²) in [4.78, 5) is 0. The molecule has 0 aliphatic carbocycles. The van der Waals surface area contributed by atoms with E-state index in [1.807, 2.05) is 6.92 Å². The molecule has 0 fully saturated rings. The molecule has 0 amide bonds. The van der Waals surface area contributed by atoms with Crippen LogP contribution in [0.25, 0.3) is 5.69 Å². The van der Waals surface area contributed by atoms with E-state index in [1.54, 1.807) is 30.0 Å². The van der Waals surface area contributed by atoms with Crippen molar-refractivity contribution in [2.24, 2.45) is 0 Å². The third kappa shape index (κ3) is 1.69. The van der Waals surface area contributed by atoms with Gasteiger partial charge in [0.1, 0.15) is 5.75 Å². The average Bonchev–Trinajstić information content (AvgIpc) is 2.61. The monoisotopic (exact) mass is 238 g/mol. The lowest BCUT2D eigenvalue weighted by Crippen LogP contribution is -2.01. The fourth-order valence-electron chi connectivity index (χ4n) is 1.35. The van der Waals surface area contributed by atoms with Gasteiger partial charge in [0.2, 0.25) is 0 Å². The van der Waals surface area contributed by atoms with Gasteiger partial charge in [0, 0.05) is 6.07 Å². The molecule has 6 heteroatoms. The Bertz CT molecular complexity index is 524. The lowest BCUT2D eigenvalue weighted by molar-refractivity contribution is 0.414. The number of ether oxygens (including phenoxy) is 1. The Balaban J connectivity index is 2.59. The topological polar surface area (TPSA) is 66.0 Å². The molecule has 16 heavy (non-hydrogen) atoms.